The maximum Gasteiger partial charge on any atom is 0.226 e. The van der Waals surface area contributed by atoms with Crippen LogP contribution in [-0.2, 0) is 11.8 Å². The average molecular weight is 867 g/mol. The van der Waals surface area contributed by atoms with E-state index in [4.69, 9.17) is 21.0 Å². The zero-order valence-electron chi connectivity index (χ0n) is 35.9. The first kappa shape index (κ1) is 38.3. The molecular weight excluding hydrogens is 828 g/mol. The largest absolute Gasteiger partial charge is 0.456 e. The number of benzene rings is 9. The molecule has 5 nitrogen and oxygen atoms in total. The van der Waals surface area contributed by atoms with Crippen LogP contribution < -0.4 is 0 Å². The highest BCUT2D eigenvalue weighted by atomic mass is 35.5. The van der Waals surface area contributed by atoms with E-state index in [0.717, 1.165) is 50.5 Å². The van der Waals surface area contributed by atoms with Gasteiger partial charge in [0.2, 0.25) is 5.28 Å². The number of rotatable bonds is 7. The molecule has 1 aliphatic carbocycles. The highest BCUT2D eigenvalue weighted by Gasteiger charge is 2.40. The van der Waals surface area contributed by atoms with Gasteiger partial charge in [0, 0.05) is 49.2 Å². The van der Waals surface area contributed by atoms with Crippen molar-refractivity contribution in [3.05, 3.63) is 222 Å². The Labute approximate surface area is 386 Å². The third kappa shape index (κ3) is 6.19. The van der Waals surface area contributed by atoms with Crippen molar-refractivity contribution in [2.24, 2.45) is 0 Å². The van der Waals surface area contributed by atoms with Gasteiger partial charge in [-0.2, -0.15) is 9.97 Å². The summed E-state index contributed by atoms with van der Waals surface area (Å²) in [6.45, 7) is 2.39. The molecule has 0 saturated carbocycles. The Morgan fingerprint density at radius 1 is 0.455 bits per heavy atom. The van der Waals surface area contributed by atoms with Crippen LogP contribution in [0.3, 0.4) is 0 Å². The van der Waals surface area contributed by atoms with E-state index in [1.54, 1.807) is 0 Å². The quantitative estimate of drug-likeness (QED) is 0.173. The molecular formula is C60H39ClN4O. The minimum Gasteiger partial charge on any atom is -0.456 e. The summed E-state index contributed by atoms with van der Waals surface area (Å²) in [5, 5.41) is 4.72. The van der Waals surface area contributed by atoms with E-state index in [-0.39, 0.29) is 10.7 Å². The molecule has 0 saturated heterocycles. The SMILES string of the molecule is CC1(Cc2ccc(-c3nc(Cl)nc(-c4ccc5c(c4)oc4ccccc45)n3)cc2)c2ccccc2-c2c(-c3cccc(-c4cc(-c5ccccc5)cc5c4[nH]c4ccccc45)c3)cccc21. The Morgan fingerprint density at radius 2 is 1.11 bits per heavy atom. The van der Waals surface area contributed by atoms with Gasteiger partial charge in [-0.05, 0) is 116 Å². The van der Waals surface area contributed by atoms with Crippen LogP contribution in [0.2, 0.25) is 5.28 Å². The van der Waals surface area contributed by atoms with Crippen LogP contribution in [0, 0.1) is 0 Å². The number of aromatic amines is 1. The Balaban J connectivity index is 0.853. The first-order valence-electron chi connectivity index (χ1n) is 22.3. The Bertz CT molecular complexity index is 3890. The molecule has 9 aromatic carbocycles. The van der Waals surface area contributed by atoms with E-state index in [9.17, 15) is 0 Å². The molecule has 0 bridgehead atoms. The van der Waals surface area contributed by atoms with E-state index < -0.39 is 0 Å². The van der Waals surface area contributed by atoms with Crippen LogP contribution in [0.5, 0.6) is 0 Å². The Kier molecular flexibility index (Phi) is 8.71. The number of hydrogen-bond donors (Lipinski definition) is 1. The summed E-state index contributed by atoms with van der Waals surface area (Å²) < 4.78 is 6.16. The molecule has 66 heavy (non-hydrogen) atoms. The lowest BCUT2D eigenvalue weighted by Gasteiger charge is -2.28. The van der Waals surface area contributed by atoms with E-state index >= 15 is 0 Å². The van der Waals surface area contributed by atoms with Crippen molar-refractivity contribution in [3.63, 3.8) is 0 Å². The fraction of sp³-hybridized carbons (Fsp3) is 0.0500. The molecule has 12 aromatic rings. The first-order chi connectivity index (χ1) is 32.4. The summed E-state index contributed by atoms with van der Waals surface area (Å²) in [5.74, 6) is 1.02. The van der Waals surface area contributed by atoms with Crippen molar-refractivity contribution in [1.29, 1.82) is 0 Å². The lowest BCUT2D eigenvalue weighted by atomic mass is 9.75. The van der Waals surface area contributed by atoms with Crippen molar-refractivity contribution >= 4 is 55.3 Å². The first-order valence-corrected chi connectivity index (χ1v) is 22.7. The summed E-state index contributed by atoms with van der Waals surface area (Å²) >= 11 is 6.57. The van der Waals surface area contributed by atoms with E-state index in [0.29, 0.717) is 11.6 Å². The molecule has 1 atom stereocenters. The second kappa shape index (κ2) is 15.0. The van der Waals surface area contributed by atoms with Gasteiger partial charge in [-0.15, -0.1) is 0 Å². The highest BCUT2D eigenvalue weighted by molar-refractivity contribution is 6.28. The van der Waals surface area contributed by atoms with Crippen molar-refractivity contribution in [1.82, 2.24) is 19.9 Å². The molecule has 0 amide bonds. The normalized spacial score (nSPS) is 14.3. The van der Waals surface area contributed by atoms with Crippen molar-refractivity contribution in [2.75, 3.05) is 0 Å². The molecule has 6 heteroatoms. The number of aromatic nitrogens is 4. The van der Waals surface area contributed by atoms with Crippen molar-refractivity contribution < 1.29 is 4.42 Å². The number of fused-ring (bicyclic) bond motifs is 9. The molecule has 1 aliphatic rings. The number of para-hydroxylation sites is 2. The third-order valence-electron chi connectivity index (χ3n) is 13.7. The van der Waals surface area contributed by atoms with Crippen molar-refractivity contribution in [2.45, 2.75) is 18.8 Å². The highest BCUT2D eigenvalue weighted by Crippen LogP contribution is 2.54. The summed E-state index contributed by atoms with van der Waals surface area (Å²) in [7, 11) is 0. The summed E-state index contributed by atoms with van der Waals surface area (Å²) in [5.41, 5.74) is 18.9. The molecule has 0 radical (unpaired) electrons. The molecule has 0 aliphatic heterocycles. The van der Waals surface area contributed by atoms with E-state index in [1.165, 1.54) is 72.0 Å². The van der Waals surface area contributed by atoms with Crippen LogP contribution in [0.1, 0.15) is 23.6 Å². The van der Waals surface area contributed by atoms with Gasteiger partial charge >= 0.3 is 0 Å². The number of H-pyrrole nitrogens is 1. The molecule has 1 N–H and O–H groups in total. The second-order valence-corrected chi connectivity index (χ2v) is 17.9. The van der Waals surface area contributed by atoms with Crippen LogP contribution >= 0.6 is 11.6 Å². The third-order valence-corrected chi connectivity index (χ3v) is 13.8. The van der Waals surface area contributed by atoms with Crippen molar-refractivity contribution in [3.8, 4) is 67.3 Å². The standard InChI is InChI=1S/C60H39ClN4O/c1-60(35-36-25-27-38(28-26-36)57-63-58(65-59(61)64-57)41-29-30-46-45-18-7-10-24-53(45)66-54(46)34-41)50-21-8-5-19-47(50)55-43(20-12-22-51(55)60)39-15-11-16-40(31-39)48-32-42(37-13-3-2-4-14-37)33-49-44-17-6-9-23-52(44)62-56(48)49/h2-34,62H,35H2,1H3. The van der Waals surface area contributed by atoms with Gasteiger partial charge in [-0.25, -0.2) is 4.98 Å². The fourth-order valence-electron chi connectivity index (χ4n) is 10.5. The van der Waals surface area contributed by atoms with Gasteiger partial charge in [0.15, 0.2) is 11.6 Å². The lowest BCUT2D eigenvalue weighted by Crippen LogP contribution is -2.23. The number of hydrogen-bond acceptors (Lipinski definition) is 4. The predicted molar refractivity (Wildman–Crippen MR) is 271 cm³/mol. The van der Waals surface area contributed by atoms with E-state index in [1.807, 2.05) is 30.3 Å². The maximum atomic E-state index is 6.57. The zero-order valence-corrected chi connectivity index (χ0v) is 36.6. The molecule has 13 rings (SSSR count). The van der Waals surface area contributed by atoms with Gasteiger partial charge in [0.1, 0.15) is 11.2 Å². The summed E-state index contributed by atoms with van der Waals surface area (Å²) in [6.07, 6.45) is 0.812. The van der Waals surface area contributed by atoms with Crippen LogP contribution in [0.25, 0.3) is 111 Å². The predicted octanol–water partition coefficient (Wildman–Crippen LogP) is 15.9. The fourth-order valence-corrected chi connectivity index (χ4v) is 10.7. The zero-order chi connectivity index (χ0) is 43.9. The minimum atomic E-state index is -0.277. The molecule has 1 unspecified atom stereocenters. The second-order valence-electron chi connectivity index (χ2n) is 17.6. The van der Waals surface area contributed by atoms with Gasteiger partial charge in [-0.1, -0.05) is 165 Å². The van der Waals surface area contributed by atoms with Crippen LogP contribution in [0.4, 0.5) is 0 Å². The average Bonchev–Trinajstić information content (AvgIpc) is 4.02. The van der Waals surface area contributed by atoms with Gasteiger partial charge < -0.3 is 9.40 Å². The number of halogens is 1. The summed E-state index contributed by atoms with van der Waals surface area (Å²) in [6, 6.07) is 71.5. The number of nitrogens with zero attached hydrogens (tertiary/aromatic N) is 3. The molecule has 3 aromatic heterocycles. The Morgan fingerprint density at radius 3 is 1.97 bits per heavy atom. The number of nitrogens with one attached hydrogen (secondary N) is 1. The topological polar surface area (TPSA) is 67.6 Å². The Hall–Kier alpha value is -8.12. The van der Waals surface area contributed by atoms with Crippen LogP contribution in [-0.4, -0.2) is 19.9 Å². The summed E-state index contributed by atoms with van der Waals surface area (Å²) in [4.78, 5) is 17.8. The van der Waals surface area contributed by atoms with Gasteiger partial charge in [0.05, 0.1) is 5.52 Å². The maximum absolute atomic E-state index is 6.57. The molecule has 312 valence electrons. The molecule has 0 fully saturated rings. The minimum absolute atomic E-state index is 0.142. The molecule has 3 heterocycles. The number of furan rings is 1. The smallest absolute Gasteiger partial charge is 0.226 e. The van der Waals surface area contributed by atoms with Crippen LogP contribution in [0.15, 0.2) is 205 Å². The molecule has 0 spiro atoms. The van der Waals surface area contributed by atoms with Gasteiger partial charge in [0.25, 0.3) is 0 Å². The lowest BCUT2D eigenvalue weighted by molar-refractivity contribution is 0.583. The van der Waals surface area contributed by atoms with Gasteiger partial charge in [-0.3, -0.25) is 0 Å². The van der Waals surface area contributed by atoms with E-state index in [2.05, 4.69) is 192 Å². The monoisotopic (exact) mass is 866 g/mol.